The standard InChI is InChI=1S/C9H6BrN3O/c10-6-1-2-7-8(3-6)13(5-11)9(14)4-12-7/h1-3,12H,4H2. The summed E-state index contributed by atoms with van der Waals surface area (Å²) in [4.78, 5) is 12.4. The first-order valence-corrected chi connectivity index (χ1v) is 4.78. The lowest BCUT2D eigenvalue weighted by Crippen LogP contribution is -2.36. The van der Waals surface area contributed by atoms with Crippen molar-refractivity contribution in [1.82, 2.24) is 0 Å². The molecule has 4 nitrogen and oxygen atoms in total. The average Bonchev–Trinajstić information content (AvgIpc) is 2.17. The van der Waals surface area contributed by atoms with Crippen molar-refractivity contribution in [2.45, 2.75) is 0 Å². The molecule has 1 amide bonds. The number of amides is 1. The second-order valence-electron chi connectivity index (χ2n) is 2.84. The van der Waals surface area contributed by atoms with Gasteiger partial charge in [0.2, 0.25) is 0 Å². The fraction of sp³-hybridized carbons (Fsp3) is 0.111. The molecule has 14 heavy (non-hydrogen) atoms. The lowest BCUT2D eigenvalue weighted by atomic mass is 10.2. The second kappa shape index (κ2) is 3.31. The van der Waals surface area contributed by atoms with E-state index in [1.54, 1.807) is 6.07 Å². The maximum absolute atomic E-state index is 11.3. The Labute approximate surface area is 89.3 Å². The Bertz CT molecular complexity index is 438. The molecule has 0 radical (unpaired) electrons. The molecular formula is C9H6BrN3O. The molecule has 1 aromatic carbocycles. The number of hydrogen-bond acceptors (Lipinski definition) is 3. The van der Waals surface area contributed by atoms with Crippen LogP contribution in [0.5, 0.6) is 0 Å². The maximum atomic E-state index is 11.3. The Morgan fingerprint density at radius 3 is 3.07 bits per heavy atom. The van der Waals surface area contributed by atoms with Crippen molar-refractivity contribution in [3.8, 4) is 6.19 Å². The van der Waals surface area contributed by atoms with E-state index >= 15 is 0 Å². The van der Waals surface area contributed by atoms with Gasteiger partial charge in [-0.15, -0.1) is 0 Å². The molecule has 0 saturated heterocycles. The third-order valence-corrected chi connectivity index (χ3v) is 2.47. The summed E-state index contributed by atoms with van der Waals surface area (Å²) in [5.41, 5.74) is 1.40. The van der Waals surface area contributed by atoms with Crippen LogP contribution in [0.1, 0.15) is 0 Å². The van der Waals surface area contributed by atoms with E-state index in [0.29, 0.717) is 5.69 Å². The van der Waals surface area contributed by atoms with Crippen LogP contribution in [0.2, 0.25) is 0 Å². The van der Waals surface area contributed by atoms with Gasteiger partial charge >= 0.3 is 0 Å². The van der Waals surface area contributed by atoms with Crippen LogP contribution in [0.4, 0.5) is 11.4 Å². The van der Waals surface area contributed by atoms with E-state index in [9.17, 15) is 4.79 Å². The Kier molecular flexibility index (Phi) is 2.14. The fourth-order valence-corrected chi connectivity index (χ4v) is 1.68. The van der Waals surface area contributed by atoms with Crippen LogP contribution in [0.15, 0.2) is 22.7 Å². The van der Waals surface area contributed by atoms with Gasteiger partial charge in [-0.25, -0.2) is 4.90 Å². The Hall–Kier alpha value is -1.54. The minimum absolute atomic E-state index is 0.169. The van der Waals surface area contributed by atoms with E-state index in [1.165, 1.54) is 0 Å². The number of carbonyl (C=O) groups excluding carboxylic acids is 1. The number of benzene rings is 1. The molecule has 1 N–H and O–H groups in total. The number of hydrogen-bond donors (Lipinski definition) is 1. The minimum Gasteiger partial charge on any atom is -0.374 e. The van der Waals surface area contributed by atoms with E-state index < -0.39 is 0 Å². The third-order valence-electron chi connectivity index (χ3n) is 1.98. The Morgan fingerprint density at radius 2 is 2.36 bits per heavy atom. The number of rotatable bonds is 0. The average molecular weight is 252 g/mol. The molecule has 1 heterocycles. The highest BCUT2D eigenvalue weighted by molar-refractivity contribution is 9.10. The summed E-state index contributed by atoms with van der Waals surface area (Å²) in [6, 6.07) is 5.43. The van der Waals surface area contributed by atoms with Gasteiger partial charge in [0.05, 0.1) is 17.9 Å². The fourth-order valence-electron chi connectivity index (χ4n) is 1.33. The number of anilines is 2. The largest absolute Gasteiger partial charge is 0.374 e. The van der Waals surface area contributed by atoms with E-state index in [0.717, 1.165) is 15.1 Å². The lowest BCUT2D eigenvalue weighted by Gasteiger charge is -2.23. The zero-order valence-corrected chi connectivity index (χ0v) is 8.71. The highest BCUT2D eigenvalue weighted by atomic mass is 79.9. The lowest BCUT2D eigenvalue weighted by molar-refractivity contribution is -0.116. The van der Waals surface area contributed by atoms with Gasteiger partial charge in [0.25, 0.3) is 5.91 Å². The molecule has 0 saturated carbocycles. The molecule has 1 aliphatic rings. The van der Waals surface area contributed by atoms with Crippen LogP contribution in [-0.4, -0.2) is 12.5 Å². The highest BCUT2D eigenvalue weighted by Gasteiger charge is 2.23. The molecule has 0 unspecified atom stereocenters. The van der Waals surface area contributed by atoms with E-state index in [2.05, 4.69) is 21.2 Å². The molecule has 2 rings (SSSR count). The molecule has 1 aliphatic heterocycles. The topological polar surface area (TPSA) is 56.1 Å². The number of nitrogens with one attached hydrogen (secondary N) is 1. The quantitative estimate of drug-likeness (QED) is 0.715. The van der Waals surface area contributed by atoms with Gasteiger partial charge in [0.15, 0.2) is 6.19 Å². The third kappa shape index (κ3) is 1.34. The van der Waals surface area contributed by atoms with Gasteiger partial charge in [-0.1, -0.05) is 15.9 Å². The van der Waals surface area contributed by atoms with Gasteiger partial charge in [0.1, 0.15) is 0 Å². The van der Waals surface area contributed by atoms with Gasteiger partial charge in [-0.2, -0.15) is 5.26 Å². The number of fused-ring (bicyclic) bond motifs is 1. The SMILES string of the molecule is N#CN1C(=O)CNc2ccc(Br)cc21. The second-order valence-corrected chi connectivity index (χ2v) is 3.76. The van der Waals surface area contributed by atoms with Crippen LogP contribution in [0.25, 0.3) is 0 Å². The van der Waals surface area contributed by atoms with E-state index in [-0.39, 0.29) is 12.5 Å². The van der Waals surface area contributed by atoms with Crippen LogP contribution in [-0.2, 0) is 4.79 Å². The van der Waals surface area contributed by atoms with E-state index in [1.807, 2.05) is 18.3 Å². The number of nitrogens with zero attached hydrogens (tertiary/aromatic N) is 2. The van der Waals surface area contributed by atoms with Crippen LogP contribution in [0, 0.1) is 11.5 Å². The molecule has 0 bridgehead atoms. The summed E-state index contributed by atoms with van der Waals surface area (Å²) in [5.74, 6) is -0.238. The smallest absolute Gasteiger partial charge is 0.259 e. The first-order chi connectivity index (χ1) is 6.72. The van der Waals surface area contributed by atoms with E-state index in [4.69, 9.17) is 5.26 Å². The van der Waals surface area contributed by atoms with Crippen molar-refractivity contribution in [3.63, 3.8) is 0 Å². The van der Waals surface area contributed by atoms with Crippen molar-refractivity contribution >= 4 is 33.2 Å². The van der Waals surface area contributed by atoms with Crippen molar-refractivity contribution in [1.29, 1.82) is 5.26 Å². The number of nitriles is 1. The minimum atomic E-state index is -0.238. The van der Waals surface area contributed by atoms with Crippen LogP contribution in [0.3, 0.4) is 0 Å². The van der Waals surface area contributed by atoms with Gasteiger partial charge in [-0.05, 0) is 18.2 Å². The summed E-state index contributed by atoms with van der Waals surface area (Å²) >= 11 is 3.29. The molecular weight excluding hydrogens is 246 g/mol. The van der Waals surface area contributed by atoms with Crippen molar-refractivity contribution in [2.75, 3.05) is 16.8 Å². The van der Waals surface area contributed by atoms with Gasteiger partial charge in [-0.3, -0.25) is 4.79 Å². The maximum Gasteiger partial charge on any atom is 0.259 e. The predicted octanol–water partition coefficient (Wildman–Crippen LogP) is 1.69. The van der Waals surface area contributed by atoms with Crippen molar-refractivity contribution in [3.05, 3.63) is 22.7 Å². The summed E-state index contributed by atoms with van der Waals surface area (Å²) < 4.78 is 0.841. The molecule has 0 aromatic heterocycles. The summed E-state index contributed by atoms with van der Waals surface area (Å²) in [6.45, 7) is 0.169. The first-order valence-electron chi connectivity index (χ1n) is 3.98. The zero-order chi connectivity index (χ0) is 10.1. The Morgan fingerprint density at radius 1 is 1.57 bits per heavy atom. The van der Waals surface area contributed by atoms with Crippen LogP contribution < -0.4 is 10.2 Å². The van der Waals surface area contributed by atoms with Crippen LogP contribution >= 0.6 is 15.9 Å². The zero-order valence-electron chi connectivity index (χ0n) is 7.12. The Balaban J connectivity index is 2.55. The molecule has 0 spiro atoms. The van der Waals surface area contributed by atoms with Crippen molar-refractivity contribution < 1.29 is 4.79 Å². The number of carbonyl (C=O) groups is 1. The molecule has 0 aliphatic carbocycles. The van der Waals surface area contributed by atoms with Crippen molar-refractivity contribution in [2.24, 2.45) is 0 Å². The molecule has 5 heteroatoms. The molecule has 1 aromatic rings. The molecule has 0 fully saturated rings. The molecule has 0 atom stereocenters. The normalized spacial score (nSPS) is 14.3. The van der Waals surface area contributed by atoms with Gasteiger partial charge < -0.3 is 5.32 Å². The predicted molar refractivity (Wildman–Crippen MR) is 55.7 cm³/mol. The van der Waals surface area contributed by atoms with Gasteiger partial charge in [0, 0.05) is 4.47 Å². The summed E-state index contributed by atoms with van der Waals surface area (Å²) in [6.07, 6.45) is 1.86. The summed E-state index contributed by atoms with van der Waals surface area (Å²) in [7, 11) is 0. The molecule has 70 valence electrons. The summed E-state index contributed by atoms with van der Waals surface area (Å²) in [5, 5.41) is 11.8. The monoisotopic (exact) mass is 251 g/mol. The highest BCUT2D eigenvalue weighted by Crippen LogP contribution is 2.31. The first kappa shape index (κ1) is 9.03. The number of halogens is 1.